The minimum atomic E-state index is 0.130. The van der Waals surface area contributed by atoms with Crippen molar-refractivity contribution in [2.24, 2.45) is 5.41 Å². The van der Waals surface area contributed by atoms with Gasteiger partial charge in [-0.15, -0.1) is 0 Å². The average molecular weight is 419 g/mol. The van der Waals surface area contributed by atoms with Gasteiger partial charge in [-0.3, -0.25) is 0 Å². The lowest BCUT2D eigenvalue weighted by molar-refractivity contribution is -0.0451. The molecule has 0 spiro atoms. The van der Waals surface area contributed by atoms with Crippen LogP contribution in [0.3, 0.4) is 0 Å². The SMILES string of the molecule is C=C(C)C(C)=C1CC(COCCCc2ccccc2)(COCCCc2ccccc2)C1. The van der Waals surface area contributed by atoms with Crippen molar-refractivity contribution in [2.45, 2.75) is 52.4 Å². The lowest BCUT2D eigenvalue weighted by atomic mass is 9.64. The molecule has 0 aliphatic heterocycles. The van der Waals surface area contributed by atoms with Crippen molar-refractivity contribution in [1.29, 1.82) is 0 Å². The molecule has 1 fully saturated rings. The maximum atomic E-state index is 6.15. The number of hydrogen-bond acceptors (Lipinski definition) is 2. The van der Waals surface area contributed by atoms with E-state index in [9.17, 15) is 0 Å². The van der Waals surface area contributed by atoms with E-state index in [1.165, 1.54) is 27.8 Å². The number of rotatable bonds is 13. The third-order valence-electron chi connectivity index (χ3n) is 6.36. The fourth-order valence-electron chi connectivity index (χ4n) is 4.29. The Morgan fingerprint density at radius 1 is 0.774 bits per heavy atom. The molecule has 0 N–H and O–H groups in total. The van der Waals surface area contributed by atoms with Crippen LogP contribution in [0.2, 0.25) is 0 Å². The van der Waals surface area contributed by atoms with Gasteiger partial charge in [-0.2, -0.15) is 0 Å². The zero-order valence-electron chi connectivity index (χ0n) is 19.4. The number of benzene rings is 2. The number of allylic oxidation sites excluding steroid dienone is 3. The van der Waals surface area contributed by atoms with Gasteiger partial charge < -0.3 is 9.47 Å². The summed E-state index contributed by atoms with van der Waals surface area (Å²) in [4.78, 5) is 0. The van der Waals surface area contributed by atoms with E-state index in [-0.39, 0.29) is 5.41 Å². The van der Waals surface area contributed by atoms with E-state index in [2.05, 4.69) is 81.1 Å². The van der Waals surface area contributed by atoms with Gasteiger partial charge in [-0.25, -0.2) is 0 Å². The van der Waals surface area contributed by atoms with Crippen LogP contribution in [0.5, 0.6) is 0 Å². The minimum Gasteiger partial charge on any atom is -0.381 e. The summed E-state index contributed by atoms with van der Waals surface area (Å²) in [5.41, 5.74) is 6.96. The van der Waals surface area contributed by atoms with Gasteiger partial charge in [0.05, 0.1) is 13.2 Å². The lowest BCUT2D eigenvalue weighted by Gasteiger charge is -2.44. The molecule has 31 heavy (non-hydrogen) atoms. The molecule has 3 rings (SSSR count). The van der Waals surface area contributed by atoms with Crippen LogP contribution in [-0.4, -0.2) is 26.4 Å². The second kappa shape index (κ2) is 12.0. The van der Waals surface area contributed by atoms with E-state index in [1.54, 1.807) is 0 Å². The molecule has 1 saturated carbocycles. The topological polar surface area (TPSA) is 18.5 Å². The van der Waals surface area contributed by atoms with Gasteiger partial charge in [-0.1, -0.05) is 78.4 Å². The van der Waals surface area contributed by atoms with Crippen molar-refractivity contribution in [1.82, 2.24) is 0 Å². The molecule has 1 aliphatic rings. The third-order valence-corrected chi connectivity index (χ3v) is 6.36. The summed E-state index contributed by atoms with van der Waals surface area (Å²) in [6.07, 6.45) is 6.41. The smallest absolute Gasteiger partial charge is 0.0550 e. The fraction of sp³-hybridized carbons (Fsp3) is 0.448. The summed E-state index contributed by atoms with van der Waals surface area (Å²) in [5.74, 6) is 0. The first-order valence-electron chi connectivity index (χ1n) is 11.7. The Morgan fingerprint density at radius 2 is 1.23 bits per heavy atom. The molecule has 2 aromatic rings. The average Bonchev–Trinajstić information content (AvgIpc) is 2.76. The van der Waals surface area contributed by atoms with E-state index in [0.29, 0.717) is 0 Å². The summed E-state index contributed by atoms with van der Waals surface area (Å²) in [5, 5.41) is 0. The first-order valence-corrected chi connectivity index (χ1v) is 11.7. The number of aryl methyl sites for hydroxylation is 2. The molecule has 0 bridgehead atoms. The third kappa shape index (κ3) is 7.48. The van der Waals surface area contributed by atoms with Crippen molar-refractivity contribution < 1.29 is 9.47 Å². The highest BCUT2D eigenvalue weighted by atomic mass is 16.5. The number of ether oxygens (including phenoxy) is 2. The summed E-state index contributed by atoms with van der Waals surface area (Å²) < 4.78 is 12.3. The number of hydrogen-bond donors (Lipinski definition) is 0. The van der Waals surface area contributed by atoms with E-state index in [4.69, 9.17) is 9.47 Å². The van der Waals surface area contributed by atoms with Crippen molar-refractivity contribution in [2.75, 3.05) is 26.4 Å². The Labute approximate surface area is 189 Å². The van der Waals surface area contributed by atoms with E-state index < -0.39 is 0 Å². The summed E-state index contributed by atoms with van der Waals surface area (Å²) in [6.45, 7) is 11.6. The van der Waals surface area contributed by atoms with Crippen LogP contribution in [0.15, 0.2) is 84.0 Å². The zero-order chi connectivity index (χ0) is 21.9. The Kier molecular flexibility index (Phi) is 9.12. The van der Waals surface area contributed by atoms with E-state index >= 15 is 0 Å². The van der Waals surface area contributed by atoms with Crippen LogP contribution in [0.4, 0.5) is 0 Å². The van der Waals surface area contributed by atoms with Crippen molar-refractivity contribution >= 4 is 0 Å². The molecule has 0 heterocycles. The molecule has 2 nitrogen and oxygen atoms in total. The zero-order valence-corrected chi connectivity index (χ0v) is 19.4. The highest BCUT2D eigenvalue weighted by molar-refractivity contribution is 5.35. The molecule has 2 heteroatoms. The first-order chi connectivity index (χ1) is 15.1. The Bertz CT molecular complexity index is 776. The minimum absolute atomic E-state index is 0.130. The molecule has 0 saturated heterocycles. The lowest BCUT2D eigenvalue weighted by Crippen LogP contribution is -2.41. The molecule has 0 atom stereocenters. The van der Waals surface area contributed by atoms with E-state index in [1.807, 2.05) is 0 Å². The Balaban J connectivity index is 1.42. The van der Waals surface area contributed by atoms with Gasteiger partial charge >= 0.3 is 0 Å². The molecular formula is C29H38O2. The van der Waals surface area contributed by atoms with Gasteiger partial charge in [0, 0.05) is 18.6 Å². The predicted octanol–water partition coefficient (Wildman–Crippen LogP) is 6.96. The molecule has 2 aromatic carbocycles. The first kappa shape index (κ1) is 23.5. The highest BCUT2D eigenvalue weighted by Crippen LogP contribution is 2.48. The monoisotopic (exact) mass is 418 g/mol. The van der Waals surface area contributed by atoms with Crippen LogP contribution >= 0.6 is 0 Å². The predicted molar refractivity (Wildman–Crippen MR) is 130 cm³/mol. The van der Waals surface area contributed by atoms with Crippen LogP contribution in [0.1, 0.15) is 50.7 Å². The molecule has 0 radical (unpaired) electrons. The Morgan fingerprint density at radius 3 is 1.65 bits per heavy atom. The maximum absolute atomic E-state index is 6.15. The molecule has 0 aromatic heterocycles. The summed E-state index contributed by atoms with van der Waals surface area (Å²) >= 11 is 0. The molecular weight excluding hydrogens is 380 g/mol. The van der Waals surface area contributed by atoms with Gasteiger partial charge in [0.15, 0.2) is 0 Å². The fourth-order valence-corrected chi connectivity index (χ4v) is 4.29. The van der Waals surface area contributed by atoms with Crippen molar-refractivity contribution in [3.05, 3.63) is 95.1 Å². The van der Waals surface area contributed by atoms with E-state index in [0.717, 1.165) is 65.0 Å². The van der Waals surface area contributed by atoms with Gasteiger partial charge in [0.1, 0.15) is 0 Å². The summed E-state index contributed by atoms with van der Waals surface area (Å²) in [7, 11) is 0. The highest BCUT2D eigenvalue weighted by Gasteiger charge is 2.42. The largest absolute Gasteiger partial charge is 0.381 e. The van der Waals surface area contributed by atoms with Gasteiger partial charge in [0.25, 0.3) is 0 Å². The standard InChI is InChI=1S/C29H38O2/c1-24(2)25(3)28-20-29(21-28,22-30-18-10-16-26-12-6-4-7-13-26)23-31-19-11-17-27-14-8-5-9-15-27/h4-9,12-15H,1,10-11,16-23H2,2-3H3. The Hall–Kier alpha value is -2.16. The van der Waals surface area contributed by atoms with Crippen molar-refractivity contribution in [3.8, 4) is 0 Å². The normalized spacial score (nSPS) is 14.8. The molecule has 0 unspecified atom stereocenters. The van der Waals surface area contributed by atoms with Gasteiger partial charge in [0.2, 0.25) is 0 Å². The van der Waals surface area contributed by atoms with Crippen LogP contribution in [0.25, 0.3) is 0 Å². The molecule has 166 valence electrons. The second-order valence-electron chi connectivity index (χ2n) is 9.15. The van der Waals surface area contributed by atoms with Gasteiger partial charge in [-0.05, 0) is 69.1 Å². The molecule has 0 amide bonds. The van der Waals surface area contributed by atoms with Crippen LogP contribution < -0.4 is 0 Å². The van der Waals surface area contributed by atoms with Crippen LogP contribution in [0, 0.1) is 5.41 Å². The second-order valence-corrected chi connectivity index (χ2v) is 9.15. The van der Waals surface area contributed by atoms with Crippen molar-refractivity contribution in [3.63, 3.8) is 0 Å². The quantitative estimate of drug-likeness (QED) is 0.327. The molecule has 1 aliphatic carbocycles. The van der Waals surface area contributed by atoms with Crippen LogP contribution in [-0.2, 0) is 22.3 Å². The summed E-state index contributed by atoms with van der Waals surface area (Å²) in [6, 6.07) is 21.3. The maximum Gasteiger partial charge on any atom is 0.0550 e.